The van der Waals surface area contributed by atoms with Crippen LogP contribution in [-0.4, -0.2) is 43.5 Å². The molecule has 1 aromatic carbocycles. The van der Waals surface area contributed by atoms with Crippen LogP contribution in [-0.2, 0) is 19.9 Å². The molecular formula is C18H20N2O4S2. The average Bonchev–Trinajstić information content (AvgIpc) is 2.94. The van der Waals surface area contributed by atoms with Crippen LogP contribution >= 0.6 is 0 Å². The largest absolute Gasteiger partial charge is 0.263 e. The molecule has 2 aliphatic rings. The van der Waals surface area contributed by atoms with E-state index in [1.54, 1.807) is 36.4 Å². The van der Waals surface area contributed by atoms with Gasteiger partial charge in [-0.15, -0.1) is 0 Å². The normalized spacial score (nSPS) is 26.7. The van der Waals surface area contributed by atoms with Crippen molar-refractivity contribution in [2.45, 2.75) is 52.8 Å². The molecule has 0 radical (unpaired) electrons. The van der Waals surface area contributed by atoms with Gasteiger partial charge in [-0.05, 0) is 49.9 Å². The van der Waals surface area contributed by atoms with Crippen LogP contribution < -0.4 is 0 Å². The Bertz CT molecular complexity index is 978. The van der Waals surface area contributed by atoms with Crippen molar-refractivity contribution in [3.05, 3.63) is 54.9 Å². The van der Waals surface area contributed by atoms with Crippen LogP contribution in [0.1, 0.15) is 25.7 Å². The Morgan fingerprint density at radius 3 is 2.04 bits per heavy atom. The standard InChI is InChI=1S/C18H20N2O4S2/c21-25(22,16-5-2-1-3-6-16)18-11-14-8-9-15(12-18)20(14)26(23,24)17-7-4-10-19-13-17/h1-7,10,13-15,18H,8-9,11-12H2/t14-,15-/m0/s1. The van der Waals surface area contributed by atoms with Gasteiger partial charge in [-0.2, -0.15) is 4.31 Å². The van der Waals surface area contributed by atoms with E-state index < -0.39 is 25.1 Å². The Labute approximate surface area is 153 Å². The number of sulfonamides is 1. The third-order valence-corrected chi connectivity index (χ3v) is 9.52. The zero-order valence-electron chi connectivity index (χ0n) is 14.1. The van der Waals surface area contributed by atoms with E-state index in [1.165, 1.54) is 22.8 Å². The Morgan fingerprint density at radius 2 is 1.46 bits per heavy atom. The van der Waals surface area contributed by atoms with Gasteiger partial charge in [0.05, 0.1) is 10.1 Å². The molecule has 2 aliphatic heterocycles. The molecule has 2 bridgehead atoms. The van der Waals surface area contributed by atoms with Crippen LogP contribution in [0.2, 0.25) is 0 Å². The van der Waals surface area contributed by atoms with Gasteiger partial charge in [-0.3, -0.25) is 4.98 Å². The first-order valence-corrected chi connectivity index (χ1v) is 11.6. The monoisotopic (exact) mass is 392 g/mol. The van der Waals surface area contributed by atoms with E-state index in [0.29, 0.717) is 30.6 Å². The molecule has 0 N–H and O–H groups in total. The molecule has 0 saturated carbocycles. The van der Waals surface area contributed by atoms with Gasteiger partial charge in [0.25, 0.3) is 0 Å². The fourth-order valence-corrected chi connectivity index (χ4v) is 7.88. The summed E-state index contributed by atoms with van der Waals surface area (Å²) in [6.45, 7) is 0. The van der Waals surface area contributed by atoms with Crippen molar-refractivity contribution >= 4 is 19.9 Å². The van der Waals surface area contributed by atoms with Gasteiger partial charge in [0, 0.05) is 24.5 Å². The number of hydrogen-bond acceptors (Lipinski definition) is 5. The first-order valence-electron chi connectivity index (χ1n) is 8.63. The summed E-state index contributed by atoms with van der Waals surface area (Å²) in [6, 6.07) is 11.0. The van der Waals surface area contributed by atoms with Crippen molar-refractivity contribution in [1.82, 2.24) is 9.29 Å². The minimum Gasteiger partial charge on any atom is -0.263 e. The van der Waals surface area contributed by atoms with Gasteiger partial charge < -0.3 is 0 Å². The number of aromatic nitrogens is 1. The number of piperidine rings is 1. The summed E-state index contributed by atoms with van der Waals surface area (Å²) in [5.41, 5.74) is 0. The number of sulfone groups is 1. The lowest BCUT2D eigenvalue weighted by molar-refractivity contribution is 0.249. The Hall–Kier alpha value is -1.77. The Kier molecular flexibility index (Phi) is 4.37. The molecule has 3 heterocycles. The van der Waals surface area contributed by atoms with E-state index in [1.807, 2.05) is 0 Å². The molecular weight excluding hydrogens is 372 g/mol. The summed E-state index contributed by atoms with van der Waals surface area (Å²) in [5.74, 6) is 0. The van der Waals surface area contributed by atoms with Crippen molar-refractivity contribution < 1.29 is 16.8 Å². The molecule has 2 saturated heterocycles. The molecule has 6 nitrogen and oxygen atoms in total. The fraction of sp³-hybridized carbons (Fsp3) is 0.389. The van der Waals surface area contributed by atoms with Crippen molar-refractivity contribution in [3.63, 3.8) is 0 Å². The fourth-order valence-electron chi connectivity index (χ4n) is 4.15. The van der Waals surface area contributed by atoms with Crippen molar-refractivity contribution in [2.75, 3.05) is 0 Å². The predicted molar refractivity (Wildman–Crippen MR) is 96.7 cm³/mol. The summed E-state index contributed by atoms with van der Waals surface area (Å²) >= 11 is 0. The summed E-state index contributed by atoms with van der Waals surface area (Å²) in [4.78, 5) is 4.39. The van der Waals surface area contributed by atoms with Crippen LogP contribution in [0.5, 0.6) is 0 Å². The number of pyridine rings is 1. The van der Waals surface area contributed by atoms with E-state index in [9.17, 15) is 16.8 Å². The smallest absolute Gasteiger partial charge is 0.245 e. The minimum atomic E-state index is -3.66. The first-order chi connectivity index (χ1) is 12.4. The van der Waals surface area contributed by atoms with Crippen molar-refractivity contribution in [3.8, 4) is 0 Å². The maximum atomic E-state index is 13.0. The van der Waals surface area contributed by atoms with Crippen LogP contribution in [0, 0.1) is 0 Å². The van der Waals surface area contributed by atoms with Gasteiger partial charge in [-0.1, -0.05) is 18.2 Å². The number of benzene rings is 1. The maximum absolute atomic E-state index is 13.0. The number of hydrogen-bond donors (Lipinski definition) is 0. The molecule has 8 heteroatoms. The molecule has 0 amide bonds. The second-order valence-corrected chi connectivity index (χ2v) is 10.9. The second kappa shape index (κ2) is 6.44. The highest BCUT2D eigenvalue weighted by Crippen LogP contribution is 2.42. The van der Waals surface area contributed by atoms with E-state index in [-0.39, 0.29) is 17.0 Å². The number of rotatable bonds is 4. The molecule has 4 rings (SSSR count). The van der Waals surface area contributed by atoms with Gasteiger partial charge in [0.15, 0.2) is 9.84 Å². The summed E-state index contributed by atoms with van der Waals surface area (Å²) in [5, 5.41) is -0.539. The predicted octanol–water partition coefficient (Wildman–Crippen LogP) is 2.24. The number of nitrogens with zero attached hydrogens (tertiary/aromatic N) is 2. The Morgan fingerprint density at radius 1 is 0.846 bits per heavy atom. The molecule has 2 aromatic rings. The first kappa shape index (κ1) is 17.6. The molecule has 26 heavy (non-hydrogen) atoms. The quantitative estimate of drug-likeness (QED) is 0.797. The molecule has 0 unspecified atom stereocenters. The molecule has 2 fully saturated rings. The van der Waals surface area contributed by atoms with Gasteiger partial charge >= 0.3 is 0 Å². The highest BCUT2D eigenvalue weighted by Gasteiger charge is 2.50. The van der Waals surface area contributed by atoms with Crippen LogP contribution in [0.4, 0.5) is 0 Å². The Balaban J connectivity index is 1.63. The number of fused-ring (bicyclic) bond motifs is 2. The van der Waals surface area contributed by atoms with Gasteiger partial charge in [-0.25, -0.2) is 16.8 Å². The molecule has 0 spiro atoms. The van der Waals surface area contributed by atoms with Crippen LogP contribution in [0.3, 0.4) is 0 Å². The summed E-state index contributed by atoms with van der Waals surface area (Å²) in [7, 11) is -7.11. The van der Waals surface area contributed by atoms with E-state index >= 15 is 0 Å². The third-order valence-electron chi connectivity index (χ3n) is 5.34. The zero-order chi connectivity index (χ0) is 18.4. The lowest BCUT2D eigenvalue weighted by atomic mass is 10.1. The molecule has 2 atom stereocenters. The molecule has 138 valence electrons. The molecule has 1 aromatic heterocycles. The van der Waals surface area contributed by atoms with E-state index in [4.69, 9.17) is 0 Å². The van der Waals surface area contributed by atoms with Crippen molar-refractivity contribution in [2.24, 2.45) is 0 Å². The third kappa shape index (κ3) is 2.86. The van der Waals surface area contributed by atoms with Crippen molar-refractivity contribution in [1.29, 1.82) is 0 Å². The zero-order valence-corrected chi connectivity index (χ0v) is 15.7. The SMILES string of the molecule is O=S(=O)(c1ccccc1)C1C[C@@H]2CC[C@@H](C1)N2S(=O)(=O)c1cccnc1. The minimum absolute atomic E-state index is 0.168. The second-order valence-electron chi connectivity index (χ2n) is 6.86. The average molecular weight is 393 g/mol. The van der Waals surface area contributed by atoms with Gasteiger partial charge in [0.2, 0.25) is 10.0 Å². The van der Waals surface area contributed by atoms with Gasteiger partial charge in [0.1, 0.15) is 4.90 Å². The lowest BCUT2D eigenvalue weighted by Crippen LogP contribution is -2.49. The lowest BCUT2D eigenvalue weighted by Gasteiger charge is -2.37. The molecule has 0 aliphatic carbocycles. The van der Waals surface area contributed by atoms with E-state index in [0.717, 1.165) is 0 Å². The summed E-state index contributed by atoms with van der Waals surface area (Å²) in [6.07, 6.45) is 4.96. The van der Waals surface area contributed by atoms with Crippen LogP contribution in [0.25, 0.3) is 0 Å². The highest BCUT2D eigenvalue weighted by molar-refractivity contribution is 7.92. The van der Waals surface area contributed by atoms with Crippen LogP contribution in [0.15, 0.2) is 64.6 Å². The highest BCUT2D eigenvalue weighted by atomic mass is 32.2. The topological polar surface area (TPSA) is 84.4 Å². The summed E-state index contributed by atoms with van der Waals surface area (Å²) < 4.78 is 53.5. The van der Waals surface area contributed by atoms with E-state index in [2.05, 4.69) is 4.98 Å². The maximum Gasteiger partial charge on any atom is 0.245 e.